The Labute approximate surface area is 151 Å². The Morgan fingerprint density at radius 3 is 2.64 bits per heavy atom. The maximum atomic E-state index is 12.3. The standard InChI is InChI=1S/C17H20N2O4S2/c1-12(15-4-2-10-23-15)18-17(20)13-6-8-14(9-7-13)19-25(21,22)16-5-3-11-24-16/h3,5-9,11-12,15,19H,2,4,10H2,1H3,(H,18,20). The molecule has 0 spiro atoms. The highest BCUT2D eigenvalue weighted by Crippen LogP contribution is 2.21. The maximum Gasteiger partial charge on any atom is 0.271 e. The van der Waals surface area contributed by atoms with Crippen LogP contribution in [0.5, 0.6) is 0 Å². The van der Waals surface area contributed by atoms with E-state index in [1.54, 1.807) is 41.8 Å². The van der Waals surface area contributed by atoms with Crippen LogP contribution in [0.15, 0.2) is 46.0 Å². The molecule has 1 aromatic carbocycles. The number of benzene rings is 1. The summed E-state index contributed by atoms with van der Waals surface area (Å²) in [7, 11) is -3.58. The summed E-state index contributed by atoms with van der Waals surface area (Å²) in [6.07, 6.45) is 2.02. The van der Waals surface area contributed by atoms with Crippen LogP contribution < -0.4 is 10.0 Å². The van der Waals surface area contributed by atoms with E-state index in [2.05, 4.69) is 10.0 Å². The van der Waals surface area contributed by atoms with Crippen LogP contribution in [0.25, 0.3) is 0 Å². The van der Waals surface area contributed by atoms with Crippen LogP contribution in [0, 0.1) is 0 Å². The molecule has 1 aromatic heterocycles. The maximum absolute atomic E-state index is 12.3. The predicted molar refractivity (Wildman–Crippen MR) is 97.5 cm³/mol. The SMILES string of the molecule is CC(NC(=O)c1ccc(NS(=O)(=O)c2cccs2)cc1)C1CCCO1. The van der Waals surface area contributed by atoms with Gasteiger partial charge in [0.1, 0.15) is 4.21 Å². The summed E-state index contributed by atoms with van der Waals surface area (Å²) in [5, 5.41) is 4.63. The van der Waals surface area contributed by atoms with Gasteiger partial charge in [0.25, 0.3) is 15.9 Å². The zero-order chi connectivity index (χ0) is 17.9. The summed E-state index contributed by atoms with van der Waals surface area (Å²) >= 11 is 1.15. The van der Waals surface area contributed by atoms with E-state index in [-0.39, 0.29) is 22.3 Å². The van der Waals surface area contributed by atoms with E-state index in [0.717, 1.165) is 30.8 Å². The lowest BCUT2D eigenvalue weighted by molar-refractivity contribution is 0.0712. The Balaban J connectivity index is 1.62. The summed E-state index contributed by atoms with van der Waals surface area (Å²) in [4.78, 5) is 12.3. The molecule has 2 heterocycles. The molecule has 1 saturated heterocycles. The number of thiophene rings is 1. The Bertz CT molecular complexity index is 811. The minimum atomic E-state index is -3.58. The number of ether oxygens (including phenoxy) is 1. The quantitative estimate of drug-likeness (QED) is 0.807. The van der Waals surface area contributed by atoms with Crippen LogP contribution in [0.1, 0.15) is 30.1 Å². The van der Waals surface area contributed by atoms with Gasteiger partial charge in [-0.15, -0.1) is 11.3 Å². The van der Waals surface area contributed by atoms with E-state index in [1.807, 2.05) is 6.92 Å². The second-order valence-electron chi connectivity index (χ2n) is 5.93. The first-order chi connectivity index (χ1) is 12.0. The number of rotatable bonds is 6. The lowest BCUT2D eigenvalue weighted by Gasteiger charge is -2.20. The van der Waals surface area contributed by atoms with Crippen LogP contribution in [-0.2, 0) is 14.8 Å². The number of amides is 1. The van der Waals surface area contributed by atoms with Crippen molar-refractivity contribution in [2.75, 3.05) is 11.3 Å². The molecule has 1 fully saturated rings. The van der Waals surface area contributed by atoms with Crippen molar-refractivity contribution < 1.29 is 17.9 Å². The second kappa shape index (κ2) is 7.55. The molecule has 8 heteroatoms. The fourth-order valence-corrected chi connectivity index (χ4v) is 4.74. The molecule has 134 valence electrons. The Morgan fingerprint density at radius 2 is 2.04 bits per heavy atom. The smallest absolute Gasteiger partial charge is 0.271 e. The highest BCUT2D eigenvalue weighted by Gasteiger charge is 2.24. The van der Waals surface area contributed by atoms with Gasteiger partial charge in [0, 0.05) is 17.9 Å². The second-order valence-corrected chi connectivity index (χ2v) is 8.79. The number of carbonyl (C=O) groups excluding carboxylic acids is 1. The third-order valence-electron chi connectivity index (χ3n) is 4.04. The largest absolute Gasteiger partial charge is 0.376 e. The Hall–Kier alpha value is -1.90. The molecule has 2 unspecified atom stereocenters. The minimum Gasteiger partial charge on any atom is -0.376 e. The zero-order valence-corrected chi connectivity index (χ0v) is 15.4. The Morgan fingerprint density at radius 1 is 1.28 bits per heavy atom. The van der Waals surface area contributed by atoms with Crippen LogP contribution >= 0.6 is 11.3 Å². The predicted octanol–water partition coefficient (Wildman–Crippen LogP) is 2.85. The number of sulfonamides is 1. The monoisotopic (exact) mass is 380 g/mol. The number of carbonyl (C=O) groups is 1. The van der Waals surface area contributed by atoms with Crippen LogP contribution in [0.2, 0.25) is 0 Å². The van der Waals surface area contributed by atoms with E-state index >= 15 is 0 Å². The van der Waals surface area contributed by atoms with Crippen LogP contribution in [0.4, 0.5) is 5.69 Å². The van der Waals surface area contributed by atoms with Gasteiger partial charge in [-0.3, -0.25) is 9.52 Å². The first-order valence-corrected chi connectivity index (χ1v) is 10.4. The molecule has 25 heavy (non-hydrogen) atoms. The average Bonchev–Trinajstić information content (AvgIpc) is 3.29. The molecule has 2 atom stereocenters. The van der Waals surface area contributed by atoms with Crippen molar-refractivity contribution >= 4 is 33.0 Å². The summed E-state index contributed by atoms with van der Waals surface area (Å²) in [5.74, 6) is -0.198. The highest BCUT2D eigenvalue weighted by molar-refractivity contribution is 7.94. The summed E-state index contributed by atoms with van der Waals surface area (Å²) in [6, 6.07) is 9.52. The van der Waals surface area contributed by atoms with E-state index < -0.39 is 10.0 Å². The molecule has 0 aliphatic carbocycles. The number of hydrogen-bond acceptors (Lipinski definition) is 5. The molecule has 0 radical (unpaired) electrons. The molecule has 0 saturated carbocycles. The number of hydrogen-bond donors (Lipinski definition) is 2. The van der Waals surface area contributed by atoms with Crippen molar-refractivity contribution in [3.8, 4) is 0 Å². The van der Waals surface area contributed by atoms with Gasteiger partial charge in [-0.25, -0.2) is 8.42 Å². The van der Waals surface area contributed by atoms with Gasteiger partial charge in [-0.1, -0.05) is 6.07 Å². The number of nitrogens with one attached hydrogen (secondary N) is 2. The van der Waals surface area contributed by atoms with E-state index in [1.165, 1.54) is 0 Å². The van der Waals surface area contributed by atoms with E-state index in [4.69, 9.17) is 4.74 Å². The van der Waals surface area contributed by atoms with Gasteiger partial charge in [0.2, 0.25) is 0 Å². The molecule has 1 aliphatic rings. The molecule has 1 amide bonds. The molecular weight excluding hydrogens is 360 g/mol. The van der Waals surface area contributed by atoms with Crippen molar-refractivity contribution in [3.63, 3.8) is 0 Å². The first kappa shape index (κ1) is 17.9. The van der Waals surface area contributed by atoms with Crippen LogP contribution in [-0.4, -0.2) is 33.1 Å². The molecule has 3 rings (SSSR count). The molecule has 6 nitrogen and oxygen atoms in total. The lowest BCUT2D eigenvalue weighted by Crippen LogP contribution is -2.40. The van der Waals surface area contributed by atoms with Crippen molar-refractivity contribution in [1.82, 2.24) is 5.32 Å². The summed E-state index contributed by atoms with van der Waals surface area (Å²) in [6.45, 7) is 2.67. The van der Waals surface area contributed by atoms with Crippen molar-refractivity contribution in [2.24, 2.45) is 0 Å². The summed E-state index contributed by atoms with van der Waals surface area (Å²) < 4.78 is 32.7. The minimum absolute atomic E-state index is 0.0563. The van der Waals surface area contributed by atoms with Gasteiger partial charge >= 0.3 is 0 Å². The van der Waals surface area contributed by atoms with Gasteiger partial charge in [-0.2, -0.15) is 0 Å². The fourth-order valence-electron chi connectivity index (χ4n) is 2.69. The van der Waals surface area contributed by atoms with Crippen LogP contribution in [0.3, 0.4) is 0 Å². The molecular formula is C17H20N2O4S2. The molecule has 1 aliphatic heterocycles. The molecule has 0 bridgehead atoms. The van der Waals surface area contributed by atoms with Crippen molar-refractivity contribution in [2.45, 2.75) is 36.1 Å². The summed E-state index contributed by atoms with van der Waals surface area (Å²) in [5.41, 5.74) is 0.890. The van der Waals surface area contributed by atoms with Gasteiger partial charge < -0.3 is 10.1 Å². The van der Waals surface area contributed by atoms with E-state index in [9.17, 15) is 13.2 Å². The molecule has 2 N–H and O–H groups in total. The van der Waals surface area contributed by atoms with Gasteiger partial charge in [-0.05, 0) is 55.5 Å². The third kappa shape index (κ3) is 4.39. The zero-order valence-electron chi connectivity index (χ0n) is 13.8. The number of anilines is 1. The first-order valence-electron chi connectivity index (χ1n) is 8.04. The average molecular weight is 380 g/mol. The van der Waals surface area contributed by atoms with Crippen molar-refractivity contribution in [1.29, 1.82) is 0 Å². The highest BCUT2D eigenvalue weighted by atomic mass is 32.2. The topological polar surface area (TPSA) is 84.5 Å². The van der Waals surface area contributed by atoms with Gasteiger partial charge in [0.15, 0.2) is 0 Å². The fraction of sp³-hybridized carbons (Fsp3) is 0.353. The Kier molecular flexibility index (Phi) is 5.41. The normalized spacial score (nSPS) is 18.7. The third-order valence-corrected chi connectivity index (χ3v) is 6.82. The van der Waals surface area contributed by atoms with Crippen molar-refractivity contribution in [3.05, 3.63) is 47.3 Å². The van der Waals surface area contributed by atoms with E-state index in [0.29, 0.717) is 11.3 Å². The van der Waals surface area contributed by atoms with Gasteiger partial charge in [0.05, 0.1) is 12.1 Å². The lowest BCUT2D eigenvalue weighted by atomic mass is 10.1. The molecule has 2 aromatic rings.